The van der Waals surface area contributed by atoms with E-state index in [1.807, 2.05) is 11.5 Å². The summed E-state index contributed by atoms with van der Waals surface area (Å²) in [5.41, 5.74) is 1.56. The van der Waals surface area contributed by atoms with Gasteiger partial charge in [-0.1, -0.05) is 13.3 Å². The number of nitrogens with zero attached hydrogens (tertiary/aromatic N) is 3. The Morgan fingerprint density at radius 3 is 3.06 bits per heavy atom. The fraction of sp³-hybridized carbons (Fsp3) is 0.583. The van der Waals surface area contributed by atoms with E-state index < -0.39 is 0 Å². The summed E-state index contributed by atoms with van der Waals surface area (Å²) in [6, 6.07) is 0. The average molecular weight is 232 g/mol. The highest BCUT2D eigenvalue weighted by atomic mass is 16.1. The van der Waals surface area contributed by atoms with Crippen molar-refractivity contribution in [1.82, 2.24) is 19.7 Å². The molecule has 0 radical (unpaired) electrons. The number of aryl methyl sites for hydroxylation is 2. The molecule has 0 aliphatic carbocycles. The van der Waals surface area contributed by atoms with Crippen molar-refractivity contribution < 1.29 is 0 Å². The molecule has 1 N–H and O–H groups in total. The van der Waals surface area contributed by atoms with E-state index in [-0.39, 0.29) is 5.56 Å². The van der Waals surface area contributed by atoms with Gasteiger partial charge < -0.3 is 0 Å². The maximum atomic E-state index is 12.4. The Balaban J connectivity index is 2.32. The largest absolute Gasteiger partial charge is 0.296 e. The van der Waals surface area contributed by atoms with E-state index in [1.54, 1.807) is 0 Å². The van der Waals surface area contributed by atoms with E-state index in [2.05, 4.69) is 15.2 Å². The molecule has 0 spiro atoms. The minimum absolute atomic E-state index is 0.0810. The van der Waals surface area contributed by atoms with Gasteiger partial charge in [-0.05, 0) is 19.3 Å². The van der Waals surface area contributed by atoms with Crippen LogP contribution < -0.4 is 5.56 Å². The van der Waals surface area contributed by atoms with Gasteiger partial charge in [0, 0.05) is 13.0 Å². The molecule has 5 heteroatoms. The molecule has 0 bridgehead atoms. The molecule has 2 aromatic rings. The van der Waals surface area contributed by atoms with Crippen LogP contribution >= 0.6 is 0 Å². The molecule has 0 atom stereocenters. The Labute approximate surface area is 98.9 Å². The molecule has 17 heavy (non-hydrogen) atoms. The van der Waals surface area contributed by atoms with Crippen molar-refractivity contribution in [3.05, 3.63) is 21.9 Å². The number of aromatic nitrogens is 4. The first kappa shape index (κ1) is 10.5. The first-order valence-corrected chi connectivity index (χ1v) is 6.28. The molecule has 5 nitrogen and oxygen atoms in total. The minimum Gasteiger partial charge on any atom is -0.296 e. The van der Waals surface area contributed by atoms with Gasteiger partial charge in [-0.15, -0.1) is 0 Å². The molecule has 0 saturated heterocycles. The minimum atomic E-state index is 0.0810. The molecule has 0 fully saturated rings. The predicted octanol–water partition coefficient (Wildman–Crippen LogP) is 1.41. The summed E-state index contributed by atoms with van der Waals surface area (Å²) in [5.74, 6) is 0.897. The molecule has 1 aliphatic rings. The van der Waals surface area contributed by atoms with E-state index in [0.717, 1.165) is 43.7 Å². The van der Waals surface area contributed by atoms with Gasteiger partial charge in [0.2, 0.25) is 0 Å². The van der Waals surface area contributed by atoms with Gasteiger partial charge in [0.1, 0.15) is 11.2 Å². The molecule has 0 amide bonds. The topological polar surface area (TPSA) is 63.6 Å². The summed E-state index contributed by atoms with van der Waals surface area (Å²) in [4.78, 5) is 17.0. The van der Waals surface area contributed by atoms with Crippen LogP contribution in [0.5, 0.6) is 0 Å². The Kier molecular flexibility index (Phi) is 2.46. The zero-order valence-corrected chi connectivity index (χ0v) is 9.99. The zero-order chi connectivity index (χ0) is 11.8. The smallest absolute Gasteiger partial charge is 0.264 e. The van der Waals surface area contributed by atoms with E-state index in [0.29, 0.717) is 11.0 Å². The molecular weight excluding hydrogens is 216 g/mol. The lowest BCUT2D eigenvalue weighted by Crippen LogP contribution is -2.24. The van der Waals surface area contributed by atoms with Gasteiger partial charge in [-0.3, -0.25) is 14.5 Å². The summed E-state index contributed by atoms with van der Waals surface area (Å²) in [5, 5.41) is 7.74. The highest BCUT2D eigenvalue weighted by Crippen LogP contribution is 2.15. The highest BCUT2D eigenvalue weighted by molar-refractivity contribution is 5.76. The lowest BCUT2D eigenvalue weighted by Gasteiger charge is -2.07. The first-order chi connectivity index (χ1) is 8.31. The lowest BCUT2D eigenvalue weighted by molar-refractivity contribution is 0.614. The van der Waals surface area contributed by atoms with Gasteiger partial charge in [0.15, 0.2) is 5.65 Å². The molecule has 3 heterocycles. The van der Waals surface area contributed by atoms with Crippen LogP contribution in [0.4, 0.5) is 0 Å². The monoisotopic (exact) mass is 232 g/mol. The summed E-state index contributed by atoms with van der Waals surface area (Å²) in [6.45, 7) is 2.81. The number of hydrogen-bond donors (Lipinski definition) is 1. The third-order valence-electron chi connectivity index (χ3n) is 3.46. The molecule has 90 valence electrons. The van der Waals surface area contributed by atoms with Crippen LogP contribution in [0.1, 0.15) is 37.7 Å². The van der Waals surface area contributed by atoms with Crippen molar-refractivity contribution in [3.63, 3.8) is 0 Å². The van der Waals surface area contributed by atoms with Crippen LogP contribution in [0, 0.1) is 0 Å². The number of rotatable bonds is 1. The van der Waals surface area contributed by atoms with Crippen LogP contribution in [-0.4, -0.2) is 19.7 Å². The van der Waals surface area contributed by atoms with Crippen LogP contribution in [0.2, 0.25) is 0 Å². The van der Waals surface area contributed by atoms with Crippen molar-refractivity contribution in [2.24, 2.45) is 0 Å². The van der Waals surface area contributed by atoms with Crippen LogP contribution in [-0.2, 0) is 19.4 Å². The molecular formula is C12H16N4O. The molecule has 2 aromatic heterocycles. The molecule has 0 aromatic carbocycles. The quantitative estimate of drug-likeness (QED) is 0.808. The third-order valence-corrected chi connectivity index (χ3v) is 3.46. The summed E-state index contributed by atoms with van der Waals surface area (Å²) in [6.07, 6.45) is 5.03. The standard InChI is InChI=1S/C12H16N4O/c1-2-8-10-11(15-14-8)13-9-6-4-3-5-7-16(9)12(10)17/h2-7H2,1H3,(H,14,15). The Bertz CT molecular complexity index is 611. The number of hydrogen-bond acceptors (Lipinski definition) is 3. The van der Waals surface area contributed by atoms with Gasteiger partial charge in [-0.25, -0.2) is 4.98 Å². The second kappa shape index (κ2) is 3.98. The average Bonchev–Trinajstić information content (AvgIpc) is 2.59. The SMILES string of the molecule is CCc1[nH]nc2nc3n(c(=O)c12)CCCCC3. The van der Waals surface area contributed by atoms with Crippen molar-refractivity contribution >= 4 is 11.0 Å². The van der Waals surface area contributed by atoms with Crippen LogP contribution in [0.3, 0.4) is 0 Å². The van der Waals surface area contributed by atoms with Crippen molar-refractivity contribution in [3.8, 4) is 0 Å². The lowest BCUT2D eigenvalue weighted by atomic mass is 10.2. The van der Waals surface area contributed by atoms with Crippen LogP contribution in [0.15, 0.2) is 4.79 Å². The molecule has 3 rings (SSSR count). The van der Waals surface area contributed by atoms with E-state index in [1.165, 1.54) is 6.42 Å². The van der Waals surface area contributed by atoms with Crippen molar-refractivity contribution in [2.45, 2.75) is 45.6 Å². The Morgan fingerprint density at radius 1 is 1.35 bits per heavy atom. The fourth-order valence-corrected chi connectivity index (χ4v) is 2.51. The van der Waals surface area contributed by atoms with E-state index in [9.17, 15) is 4.79 Å². The summed E-state index contributed by atoms with van der Waals surface area (Å²) >= 11 is 0. The highest BCUT2D eigenvalue weighted by Gasteiger charge is 2.17. The van der Waals surface area contributed by atoms with Crippen molar-refractivity contribution in [2.75, 3.05) is 0 Å². The number of nitrogens with one attached hydrogen (secondary N) is 1. The van der Waals surface area contributed by atoms with E-state index in [4.69, 9.17) is 0 Å². The van der Waals surface area contributed by atoms with Gasteiger partial charge in [-0.2, -0.15) is 5.10 Å². The maximum absolute atomic E-state index is 12.4. The third kappa shape index (κ3) is 1.57. The number of aromatic amines is 1. The van der Waals surface area contributed by atoms with Gasteiger partial charge in [0.25, 0.3) is 5.56 Å². The fourth-order valence-electron chi connectivity index (χ4n) is 2.51. The zero-order valence-electron chi connectivity index (χ0n) is 9.99. The maximum Gasteiger partial charge on any atom is 0.264 e. The second-order valence-corrected chi connectivity index (χ2v) is 4.55. The van der Waals surface area contributed by atoms with E-state index >= 15 is 0 Å². The summed E-state index contributed by atoms with van der Waals surface area (Å²) in [7, 11) is 0. The van der Waals surface area contributed by atoms with Crippen LogP contribution in [0.25, 0.3) is 11.0 Å². The first-order valence-electron chi connectivity index (χ1n) is 6.28. The van der Waals surface area contributed by atoms with Gasteiger partial charge >= 0.3 is 0 Å². The number of H-pyrrole nitrogens is 1. The molecule has 1 aliphatic heterocycles. The second-order valence-electron chi connectivity index (χ2n) is 4.55. The molecule has 0 saturated carbocycles. The van der Waals surface area contributed by atoms with Crippen molar-refractivity contribution in [1.29, 1.82) is 0 Å². The Hall–Kier alpha value is -1.65. The normalized spacial score (nSPS) is 15.8. The predicted molar refractivity (Wildman–Crippen MR) is 65.1 cm³/mol. The molecule has 0 unspecified atom stereocenters. The number of fused-ring (bicyclic) bond motifs is 2. The Morgan fingerprint density at radius 2 is 2.24 bits per heavy atom. The van der Waals surface area contributed by atoms with Gasteiger partial charge in [0.05, 0.1) is 5.69 Å². The summed E-state index contributed by atoms with van der Waals surface area (Å²) < 4.78 is 1.84.